The topological polar surface area (TPSA) is 35.9 Å². The second-order valence-corrected chi connectivity index (χ2v) is 18.5. The van der Waals surface area contributed by atoms with Gasteiger partial charge in [-0.05, 0) is 85.3 Å². The molecular weight excluding hydrogens is 844 g/mol. The first-order valence-corrected chi connectivity index (χ1v) is 18.6. The SMILES string of the molecule is CC(C)(C)c1cc(-[n+]2[c-]n(-c3[c-]c(Oc4[c-]c5c(cc4)c4ccc(C(C)(C)C)cc4n5-c4cc(C(C)(C)C)ccn4)ccc3)cc2)cc(C(C)(C)C)c1.[Pt]. The zero-order valence-corrected chi connectivity index (χ0v) is 36.0. The normalized spacial score (nSPS) is 12.7. The molecule has 5 nitrogen and oxygen atoms in total. The summed E-state index contributed by atoms with van der Waals surface area (Å²) in [5.74, 6) is 2.07. The number of rotatable bonds is 5. The predicted molar refractivity (Wildman–Crippen MR) is 217 cm³/mol. The molecule has 0 saturated carbocycles. The molecule has 0 amide bonds. The Labute approximate surface area is 336 Å². The van der Waals surface area contributed by atoms with E-state index in [1.54, 1.807) is 0 Å². The molecule has 0 aliphatic carbocycles. The van der Waals surface area contributed by atoms with Crippen molar-refractivity contribution in [2.24, 2.45) is 0 Å². The molecule has 54 heavy (non-hydrogen) atoms. The molecule has 0 radical (unpaired) electrons. The largest absolute Gasteiger partial charge is 0.510 e. The fourth-order valence-corrected chi connectivity index (χ4v) is 6.66. The summed E-state index contributed by atoms with van der Waals surface area (Å²) in [6.45, 7) is 27.0. The van der Waals surface area contributed by atoms with Crippen molar-refractivity contribution >= 4 is 21.8 Å². The van der Waals surface area contributed by atoms with E-state index in [1.807, 2.05) is 47.4 Å². The van der Waals surface area contributed by atoms with E-state index in [0.717, 1.165) is 39.0 Å². The quantitative estimate of drug-likeness (QED) is 0.127. The first kappa shape index (κ1) is 39.2. The summed E-state index contributed by atoms with van der Waals surface area (Å²) in [6.07, 6.45) is 9.49. The molecule has 4 aromatic carbocycles. The van der Waals surface area contributed by atoms with Crippen LogP contribution in [0, 0.1) is 18.5 Å². The molecule has 0 saturated heterocycles. The van der Waals surface area contributed by atoms with Crippen LogP contribution in [0.3, 0.4) is 0 Å². The summed E-state index contributed by atoms with van der Waals surface area (Å²) in [6, 6.07) is 35.1. The van der Waals surface area contributed by atoms with Crippen LogP contribution >= 0.6 is 0 Å². The Balaban J connectivity index is 0.00000497. The number of benzene rings is 4. The van der Waals surface area contributed by atoms with Crippen LogP contribution < -0.4 is 9.30 Å². The Hall–Kier alpha value is -4.47. The fraction of sp³-hybridized carbons (Fsp3) is 0.333. The maximum Gasteiger partial charge on any atom is 0.267 e. The summed E-state index contributed by atoms with van der Waals surface area (Å²) >= 11 is 0. The van der Waals surface area contributed by atoms with E-state index in [-0.39, 0.29) is 42.7 Å². The molecule has 7 rings (SSSR count). The number of nitrogens with zero attached hydrogens (tertiary/aromatic N) is 4. The number of hydrogen-bond acceptors (Lipinski definition) is 2. The van der Waals surface area contributed by atoms with Crippen LogP contribution in [0.25, 0.3) is 39.0 Å². The van der Waals surface area contributed by atoms with Crippen molar-refractivity contribution in [2.75, 3.05) is 0 Å². The Morgan fingerprint density at radius 1 is 0.611 bits per heavy atom. The molecule has 0 spiro atoms. The van der Waals surface area contributed by atoms with Gasteiger partial charge in [0.25, 0.3) is 6.33 Å². The summed E-state index contributed by atoms with van der Waals surface area (Å²) < 4.78 is 12.8. The van der Waals surface area contributed by atoms with Gasteiger partial charge < -0.3 is 13.9 Å². The number of pyridine rings is 1. The number of aromatic nitrogens is 4. The Morgan fingerprint density at radius 2 is 1.22 bits per heavy atom. The zero-order valence-electron chi connectivity index (χ0n) is 33.8. The van der Waals surface area contributed by atoms with Gasteiger partial charge in [0.05, 0.1) is 5.69 Å². The second kappa shape index (κ2) is 14.0. The van der Waals surface area contributed by atoms with Crippen LogP contribution in [-0.2, 0) is 42.7 Å². The number of imidazole rings is 1. The van der Waals surface area contributed by atoms with Gasteiger partial charge in [0, 0.05) is 56.7 Å². The average molecular weight is 896 g/mol. The first-order chi connectivity index (χ1) is 24.8. The average Bonchev–Trinajstić information content (AvgIpc) is 3.70. The summed E-state index contributed by atoms with van der Waals surface area (Å²) in [5, 5.41) is 2.26. The summed E-state index contributed by atoms with van der Waals surface area (Å²) in [7, 11) is 0. The number of fused-ring (bicyclic) bond motifs is 3. The minimum absolute atomic E-state index is 0. The van der Waals surface area contributed by atoms with Gasteiger partial charge in [0.15, 0.2) is 0 Å². The number of hydrogen-bond donors (Lipinski definition) is 0. The molecule has 0 N–H and O–H groups in total. The third-order valence-corrected chi connectivity index (χ3v) is 10.1. The Morgan fingerprint density at radius 3 is 1.87 bits per heavy atom. The second-order valence-electron chi connectivity index (χ2n) is 18.5. The molecule has 0 fully saturated rings. The summed E-state index contributed by atoms with van der Waals surface area (Å²) in [5.41, 5.74) is 9.06. The van der Waals surface area contributed by atoms with Crippen molar-refractivity contribution in [1.29, 1.82) is 0 Å². The minimum atomic E-state index is -0.0197. The molecule has 282 valence electrons. The van der Waals surface area contributed by atoms with E-state index in [2.05, 4.69) is 165 Å². The van der Waals surface area contributed by atoms with Crippen LogP contribution in [0.1, 0.15) is 105 Å². The predicted octanol–water partition coefficient (Wildman–Crippen LogP) is 11.6. The maximum atomic E-state index is 6.51. The molecule has 0 atom stereocenters. The van der Waals surface area contributed by atoms with E-state index < -0.39 is 0 Å². The van der Waals surface area contributed by atoms with E-state index in [0.29, 0.717) is 11.5 Å². The fourth-order valence-electron chi connectivity index (χ4n) is 6.66. The molecule has 0 aliphatic heterocycles. The third kappa shape index (κ3) is 7.84. The molecular formula is C48H52N4OPt-2. The van der Waals surface area contributed by atoms with Crippen molar-refractivity contribution in [2.45, 2.75) is 105 Å². The molecule has 6 heteroatoms. The third-order valence-electron chi connectivity index (χ3n) is 10.1. The standard InChI is InChI=1S/C48H52N4O.Pt/c1-45(2,3)32-16-18-40-41-19-17-39(30-43(41)52(42(40)27-32)44-28-33(20-21-49-44)46(4,5)6)53-38-15-13-14-36(29-38)50-22-23-51(31-50)37-25-34(47(7,8)9)24-35(26-37)48(10,11)12;/h13-28H,1-12H3;/q-2;. The van der Waals surface area contributed by atoms with Crippen LogP contribution in [0.15, 0.2) is 97.5 Å². The molecule has 3 heterocycles. The molecule has 3 aromatic heterocycles. The summed E-state index contributed by atoms with van der Waals surface area (Å²) in [4.78, 5) is 4.89. The smallest absolute Gasteiger partial charge is 0.267 e. The van der Waals surface area contributed by atoms with Crippen LogP contribution in [0.2, 0.25) is 0 Å². The van der Waals surface area contributed by atoms with E-state index in [1.165, 1.54) is 22.3 Å². The van der Waals surface area contributed by atoms with Gasteiger partial charge in [-0.15, -0.1) is 29.7 Å². The maximum absolute atomic E-state index is 6.51. The van der Waals surface area contributed by atoms with E-state index >= 15 is 0 Å². The Kier molecular flexibility index (Phi) is 10.2. The van der Waals surface area contributed by atoms with Gasteiger partial charge in [-0.3, -0.25) is 4.57 Å². The Bertz CT molecular complexity index is 2440. The zero-order chi connectivity index (χ0) is 38.1. The first-order valence-electron chi connectivity index (χ1n) is 18.6. The van der Waals surface area contributed by atoms with Crippen LogP contribution in [0.5, 0.6) is 11.5 Å². The molecule has 0 aliphatic rings. The van der Waals surface area contributed by atoms with Gasteiger partial charge in [-0.25, -0.2) is 4.98 Å². The number of ether oxygens (including phenoxy) is 1. The van der Waals surface area contributed by atoms with Crippen molar-refractivity contribution in [3.05, 3.63) is 138 Å². The van der Waals surface area contributed by atoms with Gasteiger partial charge in [0.1, 0.15) is 5.82 Å². The van der Waals surface area contributed by atoms with Crippen molar-refractivity contribution in [3.8, 4) is 28.7 Å². The van der Waals surface area contributed by atoms with Crippen molar-refractivity contribution in [3.63, 3.8) is 0 Å². The molecule has 0 bridgehead atoms. The van der Waals surface area contributed by atoms with Gasteiger partial charge in [-0.2, -0.15) is 18.2 Å². The van der Waals surface area contributed by atoms with Crippen molar-refractivity contribution < 1.29 is 30.4 Å². The van der Waals surface area contributed by atoms with Crippen LogP contribution in [-0.4, -0.2) is 14.1 Å². The van der Waals surface area contributed by atoms with Gasteiger partial charge in [0.2, 0.25) is 0 Å². The van der Waals surface area contributed by atoms with Crippen molar-refractivity contribution in [1.82, 2.24) is 14.1 Å². The van der Waals surface area contributed by atoms with E-state index in [9.17, 15) is 0 Å². The van der Waals surface area contributed by atoms with Gasteiger partial charge in [-0.1, -0.05) is 107 Å². The van der Waals surface area contributed by atoms with Crippen LogP contribution in [0.4, 0.5) is 0 Å². The van der Waals surface area contributed by atoms with E-state index in [4.69, 9.17) is 9.72 Å². The van der Waals surface area contributed by atoms with Gasteiger partial charge >= 0.3 is 0 Å². The molecule has 7 aromatic rings. The minimum Gasteiger partial charge on any atom is -0.510 e. The monoisotopic (exact) mass is 895 g/mol. The molecule has 0 unspecified atom stereocenters.